The number of ether oxygens (including phenoxy) is 1. The van der Waals surface area contributed by atoms with Gasteiger partial charge in [0.25, 0.3) is 0 Å². The molecule has 0 aliphatic carbocycles. The van der Waals surface area contributed by atoms with Crippen molar-refractivity contribution < 1.29 is 27.5 Å². The van der Waals surface area contributed by atoms with Crippen LogP contribution in [-0.2, 0) is 15.8 Å². The first-order chi connectivity index (χ1) is 14.2. The van der Waals surface area contributed by atoms with Crippen LogP contribution in [0.2, 0.25) is 5.02 Å². The van der Waals surface area contributed by atoms with Gasteiger partial charge in [0.15, 0.2) is 0 Å². The second kappa shape index (κ2) is 9.31. The predicted molar refractivity (Wildman–Crippen MR) is 106 cm³/mol. The van der Waals surface area contributed by atoms with Gasteiger partial charge in [-0.15, -0.1) is 0 Å². The van der Waals surface area contributed by atoms with Gasteiger partial charge in [0, 0.05) is 30.0 Å². The number of halogens is 4. The molecule has 2 heterocycles. The molecule has 0 radical (unpaired) electrons. The fourth-order valence-electron chi connectivity index (χ4n) is 2.76. The summed E-state index contributed by atoms with van der Waals surface area (Å²) in [6.07, 6.45) is -4.67. The molecule has 0 saturated carbocycles. The van der Waals surface area contributed by atoms with Crippen LogP contribution >= 0.6 is 11.6 Å². The van der Waals surface area contributed by atoms with Gasteiger partial charge < -0.3 is 9.64 Å². The van der Waals surface area contributed by atoms with Gasteiger partial charge in [0.2, 0.25) is 0 Å². The van der Waals surface area contributed by atoms with Gasteiger partial charge in [-0.2, -0.15) is 13.2 Å². The van der Waals surface area contributed by atoms with E-state index in [2.05, 4.69) is 15.5 Å². The van der Waals surface area contributed by atoms with E-state index in [1.165, 1.54) is 6.92 Å². The fraction of sp³-hybridized carbons (Fsp3) is 0.316. The number of carbonyl (C=O) groups excluding carboxylic acids is 1. The Hall–Kier alpha value is -2.85. The number of anilines is 2. The Balaban J connectivity index is 1.80. The highest BCUT2D eigenvalue weighted by molar-refractivity contribution is 6.30. The van der Waals surface area contributed by atoms with Crippen molar-refractivity contribution in [2.45, 2.75) is 13.1 Å². The first-order valence-corrected chi connectivity index (χ1v) is 9.30. The monoisotopic (exact) mass is 442 g/mol. The third kappa shape index (κ3) is 5.61. The Morgan fingerprint density at radius 1 is 1.27 bits per heavy atom. The molecular weight excluding hydrogens is 425 g/mol. The molecule has 2 aromatic rings. The largest absolute Gasteiger partial charge is 0.437 e. The van der Waals surface area contributed by atoms with E-state index in [-0.39, 0.29) is 17.1 Å². The zero-order chi connectivity index (χ0) is 21.7. The van der Waals surface area contributed by atoms with Gasteiger partial charge in [-0.3, -0.25) is 15.1 Å². The molecule has 1 aliphatic heterocycles. The number of hydrogen-bond donors (Lipinski definition) is 1. The maximum absolute atomic E-state index is 13.2. The first-order valence-electron chi connectivity index (χ1n) is 8.92. The summed E-state index contributed by atoms with van der Waals surface area (Å²) < 4.78 is 44.7. The summed E-state index contributed by atoms with van der Waals surface area (Å²) in [6, 6.07) is 7.35. The molecular formula is C19H18ClF3N4O3. The standard InChI is InChI=1S/C19H18ClF3N4O3/c1-12(26-30-18(28)25-15-4-2-14(20)3-5-15)17-16(27-6-8-29-9-7-27)10-13(11-24-17)19(21,22)23/h2-5,10-11H,6-9H2,1H3,(H,25,28)/b26-12+. The van der Waals surface area contributed by atoms with E-state index in [9.17, 15) is 18.0 Å². The molecule has 3 rings (SSSR count). The summed E-state index contributed by atoms with van der Waals surface area (Å²) in [6.45, 7) is 3.06. The molecule has 11 heteroatoms. The van der Waals surface area contributed by atoms with Crippen molar-refractivity contribution in [1.29, 1.82) is 0 Å². The lowest BCUT2D eigenvalue weighted by molar-refractivity contribution is -0.137. The number of pyridine rings is 1. The minimum Gasteiger partial charge on any atom is -0.378 e. The average molecular weight is 443 g/mol. The van der Waals surface area contributed by atoms with Crippen LogP contribution in [0.4, 0.5) is 29.3 Å². The van der Waals surface area contributed by atoms with Gasteiger partial charge in [0.05, 0.1) is 24.5 Å². The Morgan fingerprint density at radius 3 is 2.57 bits per heavy atom. The van der Waals surface area contributed by atoms with Crippen LogP contribution in [0.3, 0.4) is 0 Å². The number of nitrogens with one attached hydrogen (secondary N) is 1. The van der Waals surface area contributed by atoms with E-state index in [1.54, 1.807) is 29.2 Å². The van der Waals surface area contributed by atoms with Crippen LogP contribution in [0.1, 0.15) is 18.2 Å². The normalized spacial score (nSPS) is 15.1. The van der Waals surface area contributed by atoms with Gasteiger partial charge >= 0.3 is 12.3 Å². The van der Waals surface area contributed by atoms with Crippen LogP contribution in [0, 0.1) is 0 Å². The summed E-state index contributed by atoms with van der Waals surface area (Å²) in [5.41, 5.74) is 0.151. The number of morpholine rings is 1. The number of rotatable bonds is 4. The number of oxime groups is 1. The Bertz CT molecular complexity index is 930. The third-order valence-electron chi connectivity index (χ3n) is 4.25. The van der Waals surface area contributed by atoms with Crippen molar-refractivity contribution in [3.05, 3.63) is 52.8 Å². The SMILES string of the molecule is C/C(=N\OC(=O)Nc1ccc(Cl)cc1)c1ncc(C(F)(F)F)cc1N1CCOCC1. The average Bonchev–Trinajstić information content (AvgIpc) is 2.73. The molecule has 0 unspecified atom stereocenters. The molecule has 1 aromatic heterocycles. The van der Waals surface area contributed by atoms with E-state index in [0.717, 1.165) is 12.3 Å². The number of carbonyl (C=O) groups is 1. The minimum absolute atomic E-state index is 0.150. The smallest absolute Gasteiger partial charge is 0.378 e. The van der Waals surface area contributed by atoms with Gasteiger partial charge in [-0.25, -0.2) is 4.79 Å². The van der Waals surface area contributed by atoms with Crippen molar-refractivity contribution in [2.24, 2.45) is 5.16 Å². The molecule has 1 aliphatic rings. The lowest BCUT2D eigenvalue weighted by Gasteiger charge is -2.30. The van der Waals surface area contributed by atoms with Crippen LogP contribution in [0.15, 0.2) is 41.7 Å². The van der Waals surface area contributed by atoms with Crippen molar-refractivity contribution in [3.63, 3.8) is 0 Å². The van der Waals surface area contributed by atoms with Gasteiger partial charge in [0.1, 0.15) is 11.4 Å². The molecule has 0 bridgehead atoms. The summed E-state index contributed by atoms with van der Waals surface area (Å²) in [5, 5.41) is 6.70. The van der Waals surface area contributed by atoms with Crippen molar-refractivity contribution in [2.75, 3.05) is 36.5 Å². The Kier molecular flexibility index (Phi) is 6.78. The summed E-state index contributed by atoms with van der Waals surface area (Å²) in [5.74, 6) is 0. The number of alkyl halides is 3. The molecule has 1 fully saturated rings. The number of hydrogen-bond acceptors (Lipinski definition) is 6. The zero-order valence-electron chi connectivity index (χ0n) is 15.9. The Morgan fingerprint density at radius 2 is 1.93 bits per heavy atom. The van der Waals surface area contributed by atoms with Crippen LogP contribution in [0.5, 0.6) is 0 Å². The zero-order valence-corrected chi connectivity index (χ0v) is 16.6. The lowest BCUT2D eigenvalue weighted by atomic mass is 10.1. The van der Waals surface area contributed by atoms with E-state index in [4.69, 9.17) is 21.2 Å². The van der Waals surface area contributed by atoms with E-state index < -0.39 is 17.8 Å². The number of aromatic nitrogens is 1. The van der Waals surface area contributed by atoms with E-state index >= 15 is 0 Å². The molecule has 0 spiro atoms. The van der Waals surface area contributed by atoms with Crippen LogP contribution in [-0.4, -0.2) is 43.1 Å². The molecule has 0 atom stereocenters. The summed E-state index contributed by atoms with van der Waals surface area (Å²) >= 11 is 5.78. The highest BCUT2D eigenvalue weighted by Crippen LogP contribution is 2.33. The maximum Gasteiger partial charge on any atom is 0.437 e. The van der Waals surface area contributed by atoms with Crippen LogP contribution < -0.4 is 10.2 Å². The molecule has 1 N–H and O–H groups in total. The van der Waals surface area contributed by atoms with Gasteiger partial charge in [-0.1, -0.05) is 16.8 Å². The summed E-state index contributed by atoms with van der Waals surface area (Å²) in [4.78, 5) is 22.4. The Labute approximate surface area is 175 Å². The second-order valence-electron chi connectivity index (χ2n) is 6.38. The highest BCUT2D eigenvalue weighted by atomic mass is 35.5. The number of nitrogens with zero attached hydrogens (tertiary/aromatic N) is 3. The van der Waals surface area contributed by atoms with E-state index in [1.807, 2.05) is 0 Å². The number of benzene rings is 1. The second-order valence-corrected chi connectivity index (χ2v) is 6.81. The highest BCUT2D eigenvalue weighted by Gasteiger charge is 2.33. The molecule has 30 heavy (non-hydrogen) atoms. The lowest BCUT2D eigenvalue weighted by Crippen LogP contribution is -2.37. The molecule has 1 aromatic carbocycles. The first kappa shape index (κ1) is 21.8. The minimum atomic E-state index is -4.54. The predicted octanol–water partition coefficient (Wildman–Crippen LogP) is 4.56. The van der Waals surface area contributed by atoms with E-state index in [0.29, 0.717) is 37.0 Å². The summed E-state index contributed by atoms with van der Waals surface area (Å²) in [7, 11) is 0. The third-order valence-corrected chi connectivity index (χ3v) is 4.50. The number of amides is 1. The van der Waals surface area contributed by atoms with Crippen molar-refractivity contribution >= 4 is 34.8 Å². The van der Waals surface area contributed by atoms with Gasteiger partial charge in [-0.05, 0) is 37.3 Å². The molecule has 1 amide bonds. The van der Waals surface area contributed by atoms with Crippen molar-refractivity contribution in [1.82, 2.24) is 4.98 Å². The van der Waals surface area contributed by atoms with Crippen molar-refractivity contribution in [3.8, 4) is 0 Å². The fourth-order valence-corrected chi connectivity index (χ4v) is 2.89. The quantitative estimate of drug-likeness (QED) is 0.426. The molecule has 1 saturated heterocycles. The topological polar surface area (TPSA) is 76.0 Å². The van der Waals surface area contributed by atoms with Crippen LogP contribution in [0.25, 0.3) is 0 Å². The molecule has 7 nitrogen and oxygen atoms in total. The maximum atomic E-state index is 13.2. The molecule has 160 valence electrons.